The van der Waals surface area contributed by atoms with E-state index < -0.39 is 6.03 Å². The first kappa shape index (κ1) is 17.1. The highest BCUT2D eigenvalue weighted by Gasteiger charge is 2.24. The van der Waals surface area contributed by atoms with Crippen molar-refractivity contribution in [1.82, 2.24) is 30.3 Å². The van der Waals surface area contributed by atoms with Crippen LogP contribution in [0.15, 0.2) is 36.9 Å². The third-order valence-electron chi connectivity index (χ3n) is 4.28. The van der Waals surface area contributed by atoms with Gasteiger partial charge in [-0.15, -0.1) is 0 Å². The molecule has 8 nitrogen and oxygen atoms in total. The van der Waals surface area contributed by atoms with Crippen molar-refractivity contribution in [2.45, 2.75) is 31.8 Å². The third kappa shape index (κ3) is 4.63. The van der Waals surface area contributed by atoms with Crippen LogP contribution in [0, 0.1) is 0 Å². The highest BCUT2D eigenvalue weighted by Crippen LogP contribution is 2.20. The second-order valence-corrected chi connectivity index (χ2v) is 6.32. The lowest BCUT2D eigenvalue weighted by Gasteiger charge is -2.24. The van der Waals surface area contributed by atoms with E-state index in [1.54, 1.807) is 11.0 Å². The Kier molecular flexibility index (Phi) is 5.08. The molecule has 25 heavy (non-hydrogen) atoms. The fourth-order valence-corrected chi connectivity index (χ4v) is 2.48. The van der Waals surface area contributed by atoms with E-state index >= 15 is 0 Å². The number of amides is 3. The Balaban J connectivity index is 1.53. The lowest BCUT2D eigenvalue weighted by atomic mass is 10.1. The first-order chi connectivity index (χ1) is 12.0. The molecule has 2 aromatic rings. The first-order valence-electron chi connectivity index (χ1n) is 8.28. The number of urea groups is 1. The molecule has 3 rings (SSSR count). The molecule has 1 aromatic heterocycles. The normalized spacial score (nSPS) is 15.0. The number of carbonyl (C=O) groups excluding carboxylic acids is 2. The first-order valence-corrected chi connectivity index (χ1v) is 8.28. The van der Waals surface area contributed by atoms with Gasteiger partial charge in [0.1, 0.15) is 12.7 Å². The molecule has 3 amide bonds. The number of benzene rings is 1. The largest absolute Gasteiger partial charge is 0.335 e. The summed E-state index contributed by atoms with van der Waals surface area (Å²) in [5.74, 6) is -0.313. The van der Waals surface area contributed by atoms with Gasteiger partial charge in [-0.05, 0) is 44.5 Å². The lowest BCUT2D eigenvalue weighted by molar-refractivity contribution is -0.121. The van der Waals surface area contributed by atoms with E-state index in [1.807, 2.05) is 43.1 Å². The molecule has 1 aromatic carbocycles. The monoisotopic (exact) mass is 342 g/mol. The molecule has 0 aliphatic heterocycles. The standard InChI is InChI=1S/C17H22N6O2/c1-12(13-3-7-15(8-4-13)23-11-18-10-19-23)22(2)9-16(24)21-17(25)20-14-5-6-14/h3-4,7-8,10-12,14H,5-6,9H2,1-2H3,(H2,20,21,24,25). The molecule has 1 heterocycles. The van der Waals surface area contributed by atoms with Gasteiger partial charge in [-0.2, -0.15) is 5.10 Å². The van der Waals surface area contributed by atoms with Crippen molar-refractivity contribution >= 4 is 11.9 Å². The molecule has 1 fully saturated rings. The predicted molar refractivity (Wildman–Crippen MR) is 92.1 cm³/mol. The van der Waals surface area contributed by atoms with Crippen LogP contribution in [0.2, 0.25) is 0 Å². The molecule has 2 N–H and O–H groups in total. The van der Waals surface area contributed by atoms with Crippen LogP contribution in [0.25, 0.3) is 5.69 Å². The van der Waals surface area contributed by atoms with Gasteiger partial charge in [0.05, 0.1) is 12.2 Å². The van der Waals surface area contributed by atoms with Gasteiger partial charge in [0, 0.05) is 12.1 Å². The van der Waals surface area contributed by atoms with Crippen LogP contribution < -0.4 is 10.6 Å². The minimum atomic E-state index is -0.411. The van der Waals surface area contributed by atoms with Crippen molar-refractivity contribution in [2.75, 3.05) is 13.6 Å². The summed E-state index contributed by atoms with van der Waals surface area (Å²) in [4.78, 5) is 29.4. The Morgan fingerprint density at radius 3 is 2.64 bits per heavy atom. The van der Waals surface area contributed by atoms with Gasteiger partial charge in [-0.25, -0.2) is 14.5 Å². The van der Waals surface area contributed by atoms with Crippen molar-refractivity contribution in [3.63, 3.8) is 0 Å². The summed E-state index contributed by atoms with van der Waals surface area (Å²) in [5, 5.41) is 9.19. The Bertz CT molecular complexity index is 724. The van der Waals surface area contributed by atoms with Crippen LogP contribution in [0.5, 0.6) is 0 Å². The van der Waals surface area contributed by atoms with Crippen LogP contribution in [-0.2, 0) is 4.79 Å². The molecule has 0 spiro atoms. The third-order valence-corrected chi connectivity index (χ3v) is 4.28. The molecule has 1 aliphatic rings. The maximum atomic E-state index is 12.0. The number of rotatable bonds is 6. The van der Waals surface area contributed by atoms with E-state index in [0.29, 0.717) is 0 Å². The van der Waals surface area contributed by atoms with Crippen LogP contribution in [0.4, 0.5) is 4.79 Å². The predicted octanol–water partition coefficient (Wildman–Crippen LogP) is 1.25. The van der Waals surface area contributed by atoms with E-state index in [1.165, 1.54) is 6.33 Å². The van der Waals surface area contributed by atoms with Crippen molar-refractivity contribution in [3.05, 3.63) is 42.5 Å². The summed E-state index contributed by atoms with van der Waals surface area (Å²) in [7, 11) is 1.86. The van der Waals surface area contributed by atoms with Gasteiger partial charge in [-0.3, -0.25) is 15.0 Å². The zero-order valence-corrected chi connectivity index (χ0v) is 14.3. The Morgan fingerprint density at radius 2 is 2.04 bits per heavy atom. The average Bonchev–Trinajstić information content (AvgIpc) is 3.23. The molecule has 1 saturated carbocycles. The molecule has 132 valence electrons. The maximum absolute atomic E-state index is 12.0. The number of aromatic nitrogens is 3. The number of hydrogen-bond acceptors (Lipinski definition) is 5. The summed E-state index contributed by atoms with van der Waals surface area (Å²) < 4.78 is 1.68. The van der Waals surface area contributed by atoms with Crippen LogP contribution in [0.1, 0.15) is 31.4 Å². The molecule has 0 saturated heterocycles. The molecule has 1 aliphatic carbocycles. The smallest absolute Gasteiger partial charge is 0.321 e. The maximum Gasteiger partial charge on any atom is 0.321 e. The quantitative estimate of drug-likeness (QED) is 0.824. The second-order valence-electron chi connectivity index (χ2n) is 6.32. The van der Waals surface area contributed by atoms with E-state index in [9.17, 15) is 9.59 Å². The van der Waals surface area contributed by atoms with Crippen molar-refractivity contribution in [2.24, 2.45) is 0 Å². The SMILES string of the molecule is CC(c1ccc(-n2cncn2)cc1)N(C)CC(=O)NC(=O)NC1CC1. The van der Waals surface area contributed by atoms with E-state index in [2.05, 4.69) is 20.7 Å². The second kappa shape index (κ2) is 7.43. The van der Waals surface area contributed by atoms with Crippen molar-refractivity contribution in [1.29, 1.82) is 0 Å². The fourth-order valence-electron chi connectivity index (χ4n) is 2.48. The number of carbonyl (C=O) groups is 2. The minimum absolute atomic E-state index is 0.0297. The highest BCUT2D eigenvalue weighted by molar-refractivity contribution is 5.95. The van der Waals surface area contributed by atoms with Gasteiger partial charge >= 0.3 is 6.03 Å². The summed E-state index contributed by atoms with van der Waals surface area (Å²) in [6.45, 7) is 2.16. The zero-order chi connectivity index (χ0) is 17.8. The number of likely N-dealkylation sites (N-methyl/N-ethyl adjacent to an activating group) is 1. The number of imide groups is 1. The average molecular weight is 342 g/mol. The van der Waals surface area contributed by atoms with Gasteiger partial charge in [-0.1, -0.05) is 12.1 Å². The topological polar surface area (TPSA) is 92.2 Å². The summed E-state index contributed by atoms with van der Waals surface area (Å²) in [5.41, 5.74) is 1.99. The van der Waals surface area contributed by atoms with Gasteiger partial charge in [0.2, 0.25) is 5.91 Å². The fraction of sp³-hybridized carbons (Fsp3) is 0.412. The van der Waals surface area contributed by atoms with Gasteiger partial charge in [0.15, 0.2) is 0 Å². The number of nitrogens with zero attached hydrogens (tertiary/aromatic N) is 4. The van der Waals surface area contributed by atoms with Crippen molar-refractivity contribution in [3.8, 4) is 5.69 Å². The molecular weight excluding hydrogens is 320 g/mol. The Labute approximate surface area is 146 Å². The number of nitrogens with one attached hydrogen (secondary N) is 2. The van der Waals surface area contributed by atoms with Crippen LogP contribution in [0.3, 0.4) is 0 Å². The molecule has 1 atom stereocenters. The molecule has 1 unspecified atom stereocenters. The molecule has 0 radical (unpaired) electrons. The van der Waals surface area contributed by atoms with Crippen LogP contribution in [-0.4, -0.2) is 51.2 Å². The van der Waals surface area contributed by atoms with Gasteiger partial charge < -0.3 is 5.32 Å². The van der Waals surface area contributed by atoms with E-state index in [4.69, 9.17) is 0 Å². The summed E-state index contributed by atoms with van der Waals surface area (Å²) >= 11 is 0. The van der Waals surface area contributed by atoms with Crippen molar-refractivity contribution < 1.29 is 9.59 Å². The Hall–Kier alpha value is -2.74. The molecular formula is C17H22N6O2. The molecule has 8 heteroatoms. The van der Waals surface area contributed by atoms with E-state index in [0.717, 1.165) is 24.1 Å². The summed E-state index contributed by atoms with van der Waals surface area (Å²) in [6.07, 6.45) is 5.11. The zero-order valence-electron chi connectivity index (χ0n) is 14.3. The Morgan fingerprint density at radius 1 is 1.32 bits per heavy atom. The minimum Gasteiger partial charge on any atom is -0.335 e. The highest BCUT2D eigenvalue weighted by atomic mass is 16.2. The summed E-state index contributed by atoms with van der Waals surface area (Å²) in [6, 6.07) is 7.75. The van der Waals surface area contributed by atoms with E-state index in [-0.39, 0.29) is 24.5 Å². The molecule has 0 bridgehead atoms. The number of hydrogen-bond donors (Lipinski definition) is 2. The lowest BCUT2D eigenvalue weighted by Crippen LogP contribution is -2.44. The van der Waals surface area contributed by atoms with Crippen LogP contribution >= 0.6 is 0 Å². The van der Waals surface area contributed by atoms with Gasteiger partial charge in [0.25, 0.3) is 0 Å².